The Labute approximate surface area is 113 Å². The third-order valence-corrected chi connectivity index (χ3v) is 2.94. The van der Waals surface area contributed by atoms with E-state index in [2.05, 4.69) is 26.1 Å². The number of rotatable bonds is 6. The first-order chi connectivity index (χ1) is 8.42. The van der Waals surface area contributed by atoms with Crippen LogP contribution in [0.5, 0.6) is 5.75 Å². The van der Waals surface area contributed by atoms with E-state index >= 15 is 0 Å². The lowest BCUT2D eigenvalue weighted by Gasteiger charge is -2.20. The molecule has 0 spiro atoms. The molecule has 1 aromatic rings. The quantitative estimate of drug-likeness (QED) is 0.801. The molecule has 0 aromatic heterocycles. The van der Waals surface area contributed by atoms with E-state index in [0.29, 0.717) is 18.9 Å². The molecule has 0 aliphatic heterocycles. The minimum absolute atomic E-state index is 0.0317. The van der Waals surface area contributed by atoms with Crippen molar-refractivity contribution in [2.45, 2.75) is 32.9 Å². The fraction of sp³-hybridized carbons (Fsp3) is 0.571. The summed E-state index contributed by atoms with van der Waals surface area (Å²) in [6, 6.07) is 5.14. The number of halogens is 1. The Morgan fingerprint density at radius 1 is 1.33 bits per heavy atom. The molecule has 0 saturated heterocycles. The van der Waals surface area contributed by atoms with Gasteiger partial charge < -0.3 is 10.1 Å². The Bertz CT molecular complexity index is 377. The summed E-state index contributed by atoms with van der Waals surface area (Å²) in [4.78, 5) is 0. The van der Waals surface area contributed by atoms with Crippen LogP contribution in [0.25, 0.3) is 0 Å². The van der Waals surface area contributed by atoms with Gasteiger partial charge in [0.1, 0.15) is 0 Å². The summed E-state index contributed by atoms with van der Waals surface area (Å²) >= 11 is 1.68. The molecule has 0 atom stereocenters. The third-order valence-electron chi connectivity index (χ3n) is 2.36. The van der Waals surface area contributed by atoms with E-state index in [1.165, 1.54) is 6.07 Å². The second kappa shape index (κ2) is 7.00. The molecule has 1 rings (SSSR count). The molecule has 0 heterocycles. The molecule has 0 radical (unpaired) electrons. The number of benzene rings is 1. The summed E-state index contributed by atoms with van der Waals surface area (Å²) in [5.41, 5.74) is 0.962. The topological polar surface area (TPSA) is 21.3 Å². The Hall–Kier alpha value is -0.740. The summed E-state index contributed by atoms with van der Waals surface area (Å²) in [7, 11) is 0. The highest BCUT2D eigenvalue weighted by atomic mass is 32.2. The lowest BCUT2D eigenvalue weighted by molar-refractivity contribution is 0.324. The zero-order valence-corrected chi connectivity index (χ0v) is 12.4. The van der Waals surface area contributed by atoms with Gasteiger partial charge in [0.05, 0.1) is 6.61 Å². The van der Waals surface area contributed by atoms with Gasteiger partial charge in [0.25, 0.3) is 0 Å². The molecule has 0 unspecified atom stereocenters. The van der Waals surface area contributed by atoms with Gasteiger partial charge in [-0.3, -0.25) is 0 Å². The van der Waals surface area contributed by atoms with Crippen LogP contribution >= 0.6 is 11.8 Å². The molecule has 18 heavy (non-hydrogen) atoms. The predicted octanol–water partition coefficient (Wildman–Crippen LogP) is 3.46. The van der Waals surface area contributed by atoms with Gasteiger partial charge in [-0.1, -0.05) is 6.07 Å². The monoisotopic (exact) mass is 271 g/mol. The number of ether oxygens (including phenoxy) is 1. The maximum Gasteiger partial charge on any atom is 0.165 e. The number of hydrogen-bond acceptors (Lipinski definition) is 3. The van der Waals surface area contributed by atoms with E-state index in [-0.39, 0.29) is 11.4 Å². The van der Waals surface area contributed by atoms with Crippen LogP contribution in [-0.4, -0.2) is 24.2 Å². The average molecular weight is 271 g/mol. The Kier molecular flexibility index (Phi) is 5.96. The van der Waals surface area contributed by atoms with Gasteiger partial charge in [-0.25, -0.2) is 4.39 Å². The molecule has 0 fully saturated rings. The summed E-state index contributed by atoms with van der Waals surface area (Å²) in [5.74, 6) is 0.917. The highest BCUT2D eigenvalue weighted by molar-refractivity contribution is 7.98. The second-order valence-corrected chi connectivity index (χ2v) is 6.20. The largest absolute Gasteiger partial charge is 0.490 e. The standard InChI is InChI=1S/C14H22FNOS/c1-14(2,3)16-10-11-5-6-13(12(15)9-11)17-7-8-18-4/h5-6,9,16H,7-8,10H2,1-4H3. The first-order valence-corrected chi connectivity index (χ1v) is 7.47. The smallest absolute Gasteiger partial charge is 0.165 e. The van der Waals surface area contributed by atoms with Crippen LogP contribution in [0.3, 0.4) is 0 Å². The van der Waals surface area contributed by atoms with Crippen molar-refractivity contribution in [3.8, 4) is 5.75 Å². The third kappa shape index (κ3) is 5.74. The molecule has 1 N–H and O–H groups in total. The first-order valence-electron chi connectivity index (χ1n) is 6.07. The molecule has 0 aliphatic carbocycles. The summed E-state index contributed by atoms with van der Waals surface area (Å²) in [6.07, 6.45) is 2.00. The molecule has 2 nitrogen and oxygen atoms in total. The van der Waals surface area contributed by atoms with Gasteiger partial charge in [-0.2, -0.15) is 11.8 Å². The zero-order chi connectivity index (χ0) is 13.6. The molecule has 1 aromatic carbocycles. The predicted molar refractivity (Wildman–Crippen MR) is 76.9 cm³/mol. The van der Waals surface area contributed by atoms with Crippen molar-refractivity contribution in [2.24, 2.45) is 0 Å². The molecule has 4 heteroatoms. The van der Waals surface area contributed by atoms with Crippen molar-refractivity contribution in [3.63, 3.8) is 0 Å². The van der Waals surface area contributed by atoms with Gasteiger partial charge in [-0.05, 0) is 44.7 Å². The van der Waals surface area contributed by atoms with E-state index in [1.54, 1.807) is 17.8 Å². The fourth-order valence-corrected chi connectivity index (χ4v) is 1.62. The second-order valence-electron chi connectivity index (χ2n) is 5.21. The molecule has 0 amide bonds. The highest BCUT2D eigenvalue weighted by Gasteiger charge is 2.10. The SMILES string of the molecule is CSCCOc1ccc(CNC(C)(C)C)cc1F. The van der Waals surface area contributed by atoms with Crippen molar-refractivity contribution < 1.29 is 9.13 Å². The maximum atomic E-state index is 13.7. The van der Waals surface area contributed by atoms with Crippen molar-refractivity contribution >= 4 is 11.8 Å². The maximum absolute atomic E-state index is 13.7. The van der Waals surface area contributed by atoms with Crippen molar-refractivity contribution in [2.75, 3.05) is 18.6 Å². The van der Waals surface area contributed by atoms with E-state index in [9.17, 15) is 4.39 Å². The summed E-state index contributed by atoms with van der Waals surface area (Å²) in [5, 5.41) is 3.33. The zero-order valence-electron chi connectivity index (χ0n) is 11.5. The van der Waals surface area contributed by atoms with Gasteiger partial charge in [0.2, 0.25) is 0 Å². The minimum Gasteiger partial charge on any atom is -0.490 e. The van der Waals surface area contributed by atoms with Crippen molar-refractivity contribution in [1.82, 2.24) is 5.32 Å². The first kappa shape index (κ1) is 15.3. The van der Waals surface area contributed by atoms with E-state index in [1.807, 2.05) is 12.3 Å². The van der Waals surface area contributed by atoms with Gasteiger partial charge >= 0.3 is 0 Å². The van der Waals surface area contributed by atoms with Crippen LogP contribution in [0, 0.1) is 5.82 Å². The minimum atomic E-state index is -0.288. The van der Waals surface area contributed by atoms with Crippen LogP contribution in [0.2, 0.25) is 0 Å². The Morgan fingerprint density at radius 2 is 2.06 bits per heavy atom. The number of thioether (sulfide) groups is 1. The molecule has 0 bridgehead atoms. The highest BCUT2D eigenvalue weighted by Crippen LogP contribution is 2.19. The molecule has 102 valence electrons. The van der Waals surface area contributed by atoms with Gasteiger partial charge in [0.15, 0.2) is 11.6 Å². The molecular weight excluding hydrogens is 249 g/mol. The van der Waals surface area contributed by atoms with Crippen LogP contribution in [-0.2, 0) is 6.54 Å². The van der Waals surface area contributed by atoms with Crippen molar-refractivity contribution in [3.05, 3.63) is 29.6 Å². The van der Waals surface area contributed by atoms with Crippen molar-refractivity contribution in [1.29, 1.82) is 0 Å². The normalized spacial score (nSPS) is 11.6. The summed E-state index contributed by atoms with van der Waals surface area (Å²) < 4.78 is 19.1. The van der Waals surface area contributed by atoms with E-state index < -0.39 is 0 Å². The van der Waals surface area contributed by atoms with Crippen LogP contribution in [0.4, 0.5) is 4.39 Å². The summed E-state index contributed by atoms with van der Waals surface area (Å²) in [6.45, 7) is 7.46. The fourth-order valence-electron chi connectivity index (χ4n) is 1.37. The van der Waals surface area contributed by atoms with Gasteiger partial charge in [0, 0.05) is 17.8 Å². The lowest BCUT2D eigenvalue weighted by atomic mass is 10.1. The number of hydrogen-bond donors (Lipinski definition) is 1. The molecule has 0 aliphatic rings. The van der Waals surface area contributed by atoms with Crippen LogP contribution in [0.15, 0.2) is 18.2 Å². The van der Waals surface area contributed by atoms with Crippen LogP contribution < -0.4 is 10.1 Å². The number of nitrogens with one attached hydrogen (secondary N) is 1. The van der Waals surface area contributed by atoms with E-state index in [0.717, 1.165) is 11.3 Å². The lowest BCUT2D eigenvalue weighted by Crippen LogP contribution is -2.35. The average Bonchev–Trinajstić information content (AvgIpc) is 2.28. The Balaban J connectivity index is 2.56. The van der Waals surface area contributed by atoms with Crippen LogP contribution in [0.1, 0.15) is 26.3 Å². The molecular formula is C14H22FNOS. The van der Waals surface area contributed by atoms with Gasteiger partial charge in [-0.15, -0.1) is 0 Å². The molecule has 0 saturated carbocycles. The Morgan fingerprint density at radius 3 is 2.61 bits per heavy atom. The van der Waals surface area contributed by atoms with E-state index in [4.69, 9.17) is 4.74 Å².